The van der Waals surface area contributed by atoms with Gasteiger partial charge in [-0.15, -0.1) is 11.3 Å². The van der Waals surface area contributed by atoms with Gasteiger partial charge in [-0.05, 0) is 25.0 Å². The Kier molecular flexibility index (Phi) is 4.14. The molecule has 1 aromatic carbocycles. The van der Waals surface area contributed by atoms with Gasteiger partial charge in [-0.2, -0.15) is 0 Å². The lowest BCUT2D eigenvalue weighted by Crippen LogP contribution is -2.40. The van der Waals surface area contributed by atoms with Crippen molar-refractivity contribution < 1.29 is 9.90 Å². The van der Waals surface area contributed by atoms with Gasteiger partial charge < -0.3 is 10.4 Å². The molecular formula is C15H15Cl2NO2S. The van der Waals surface area contributed by atoms with Crippen LogP contribution in [0.4, 0.5) is 0 Å². The Balaban J connectivity index is 1.79. The maximum absolute atomic E-state index is 12.3. The number of carbonyl (C=O) groups is 1. The Morgan fingerprint density at radius 2 is 2.05 bits per heavy atom. The molecule has 1 heterocycles. The Hall–Kier alpha value is -0.810. The van der Waals surface area contributed by atoms with Crippen LogP contribution in [0.5, 0.6) is 0 Å². The monoisotopic (exact) mass is 343 g/mol. The summed E-state index contributed by atoms with van der Waals surface area (Å²) in [6.07, 6.45) is 3.50. The average Bonchev–Trinajstić information content (AvgIpc) is 3.01. The molecule has 3 rings (SSSR count). The summed E-state index contributed by atoms with van der Waals surface area (Å²) < 4.78 is 0.886. The Morgan fingerprint density at radius 1 is 1.33 bits per heavy atom. The number of aliphatic hydroxyl groups is 1. The van der Waals surface area contributed by atoms with E-state index in [-0.39, 0.29) is 12.5 Å². The normalized spacial score (nSPS) is 17.3. The molecule has 0 atom stereocenters. The first kappa shape index (κ1) is 15.1. The molecule has 0 spiro atoms. The fraction of sp³-hybridized carbons (Fsp3) is 0.400. The summed E-state index contributed by atoms with van der Waals surface area (Å²) in [6.45, 7) is 0.275. The molecule has 1 aliphatic carbocycles. The van der Waals surface area contributed by atoms with Crippen molar-refractivity contribution in [3.05, 3.63) is 33.1 Å². The number of fused-ring (bicyclic) bond motifs is 1. The molecule has 1 saturated carbocycles. The highest BCUT2D eigenvalue weighted by Crippen LogP contribution is 2.37. The predicted octanol–water partition coefficient (Wildman–Crippen LogP) is 4.24. The fourth-order valence-electron chi connectivity index (χ4n) is 2.72. The molecule has 1 amide bonds. The van der Waals surface area contributed by atoms with E-state index in [9.17, 15) is 9.90 Å². The molecule has 2 N–H and O–H groups in total. The van der Waals surface area contributed by atoms with Crippen LogP contribution in [-0.2, 0) is 0 Å². The van der Waals surface area contributed by atoms with Gasteiger partial charge in [0, 0.05) is 21.7 Å². The summed E-state index contributed by atoms with van der Waals surface area (Å²) in [5.74, 6) is -0.238. The number of benzene rings is 1. The molecule has 0 radical (unpaired) electrons. The quantitative estimate of drug-likeness (QED) is 0.875. The zero-order valence-electron chi connectivity index (χ0n) is 11.3. The maximum atomic E-state index is 12.3. The van der Waals surface area contributed by atoms with Gasteiger partial charge in [-0.25, -0.2) is 0 Å². The first-order valence-corrected chi connectivity index (χ1v) is 8.44. The Morgan fingerprint density at radius 3 is 2.76 bits per heavy atom. The number of nitrogens with one attached hydrogen (secondary N) is 1. The van der Waals surface area contributed by atoms with E-state index in [1.54, 1.807) is 12.1 Å². The number of halogens is 2. The molecular weight excluding hydrogens is 329 g/mol. The van der Waals surface area contributed by atoms with Gasteiger partial charge in [-0.1, -0.05) is 42.1 Å². The van der Waals surface area contributed by atoms with Crippen molar-refractivity contribution in [3.8, 4) is 0 Å². The van der Waals surface area contributed by atoms with Crippen molar-refractivity contribution in [2.24, 2.45) is 0 Å². The molecule has 0 unspecified atom stereocenters. The molecule has 0 bridgehead atoms. The zero-order valence-corrected chi connectivity index (χ0v) is 13.6. The van der Waals surface area contributed by atoms with Crippen molar-refractivity contribution in [3.63, 3.8) is 0 Å². The molecule has 6 heteroatoms. The van der Waals surface area contributed by atoms with E-state index in [4.69, 9.17) is 23.2 Å². The smallest absolute Gasteiger partial charge is 0.263 e. The minimum absolute atomic E-state index is 0.238. The molecule has 2 aromatic rings. The topological polar surface area (TPSA) is 49.3 Å². The second kappa shape index (κ2) is 5.76. The van der Waals surface area contributed by atoms with E-state index in [1.165, 1.54) is 11.3 Å². The number of rotatable bonds is 3. The summed E-state index contributed by atoms with van der Waals surface area (Å²) in [6, 6.07) is 5.37. The van der Waals surface area contributed by atoms with E-state index < -0.39 is 5.60 Å². The van der Waals surface area contributed by atoms with Gasteiger partial charge in [-0.3, -0.25) is 4.79 Å². The number of amides is 1. The van der Waals surface area contributed by atoms with E-state index in [0.29, 0.717) is 14.9 Å². The van der Waals surface area contributed by atoms with Crippen LogP contribution in [0.15, 0.2) is 18.2 Å². The zero-order chi connectivity index (χ0) is 15.0. The summed E-state index contributed by atoms with van der Waals surface area (Å²) in [7, 11) is 0. The van der Waals surface area contributed by atoms with Crippen molar-refractivity contribution in [1.29, 1.82) is 0 Å². The van der Waals surface area contributed by atoms with Crippen molar-refractivity contribution in [2.45, 2.75) is 31.3 Å². The molecule has 3 nitrogen and oxygen atoms in total. The third-order valence-electron chi connectivity index (χ3n) is 3.91. The maximum Gasteiger partial charge on any atom is 0.263 e. The van der Waals surface area contributed by atoms with E-state index in [1.807, 2.05) is 6.07 Å². The van der Waals surface area contributed by atoms with E-state index in [2.05, 4.69) is 5.32 Å². The lowest BCUT2D eigenvalue weighted by atomic mass is 10.0. The van der Waals surface area contributed by atoms with Crippen molar-refractivity contribution in [2.75, 3.05) is 6.54 Å². The van der Waals surface area contributed by atoms with Crippen LogP contribution in [0.25, 0.3) is 10.1 Å². The van der Waals surface area contributed by atoms with Gasteiger partial charge in [0.2, 0.25) is 0 Å². The number of thiophene rings is 1. The summed E-state index contributed by atoms with van der Waals surface area (Å²) in [5.41, 5.74) is -0.762. The number of hydrogen-bond donors (Lipinski definition) is 2. The Bertz CT molecular complexity index is 692. The summed E-state index contributed by atoms with van der Waals surface area (Å²) in [5, 5.41) is 15.0. The van der Waals surface area contributed by atoms with E-state index in [0.717, 1.165) is 35.8 Å². The molecule has 1 aliphatic rings. The van der Waals surface area contributed by atoms with Crippen LogP contribution >= 0.6 is 34.5 Å². The number of hydrogen-bond acceptors (Lipinski definition) is 3. The lowest BCUT2D eigenvalue weighted by Gasteiger charge is -2.22. The molecule has 1 fully saturated rings. The highest BCUT2D eigenvalue weighted by Gasteiger charge is 2.31. The highest BCUT2D eigenvalue weighted by atomic mass is 35.5. The molecule has 0 aliphatic heterocycles. The van der Waals surface area contributed by atoms with Crippen molar-refractivity contribution in [1.82, 2.24) is 5.32 Å². The standard InChI is InChI=1S/C15H15Cl2NO2S/c16-9-3-4-10-11(7-9)21-13(12(10)17)14(19)18-8-15(20)5-1-2-6-15/h3-4,7,20H,1-2,5-6,8H2,(H,18,19). The van der Waals surface area contributed by atoms with Crippen LogP contribution in [0.2, 0.25) is 10.0 Å². The van der Waals surface area contributed by atoms with E-state index >= 15 is 0 Å². The molecule has 112 valence electrons. The van der Waals surface area contributed by atoms with Crippen LogP contribution in [0, 0.1) is 0 Å². The molecule has 0 saturated heterocycles. The summed E-state index contributed by atoms with van der Waals surface area (Å²) in [4.78, 5) is 12.8. The van der Waals surface area contributed by atoms with Crippen molar-refractivity contribution >= 4 is 50.5 Å². The van der Waals surface area contributed by atoms with Crippen LogP contribution in [-0.4, -0.2) is 23.2 Å². The van der Waals surface area contributed by atoms with Gasteiger partial charge in [0.1, 0.15) is 4.88 Å². The number of carbonyl (C=O) groups excluding carboxylic acids is 1. The first-order chi connectivity index (χ1) is 9.98. The average molecular weight is 344 g/mol. The Labute approximate surface area is 136 Å². The van der Waals surface area contributed by atoms with Crippen LogP contribution in [0.3, 0.4) is 0 Å². The van der Waals surface area contributed by atoms with Crippen LogP contribution in [0.1, 0.15) is 35.4 Å². The second-order valence-corrected chi connectivity index (χ2v) is 7.37. The van der Waals surface area contributed by atoms with Gasteiger partial charge >= 0.3 is 0 Å². The predicted molar refractivity (Wildman–Crippen MR) is 87.6 cm³/mol. The van der Waals surface area contributed by atoms with Gasteiger partial charge in [0.15, 0.2) is 0 Å². The minimum atomic E-state index is -0.762. The highest BCUT2D eigenvalue weighted by molar-refractivity contribution is 7.21. The third kappa shape index (κ3) is 3.04. The summed E-state index contributed by atoms with van der Waals surface area (Å²) >= 11 is 13.6. The van der Waals surface area contributed by atoms with Gasteiger partial charge in [0.25, 0.3) is 5.91 Å². The fourth-order valence-corrected chi connectivity index (χ4v) is 4.43. The largest absolute Gasteiger partial charge is 0.388 e. The molecule has 1 aromatic heterocycles. The minimum Gasteiger partial charge on any atom is -0.388 e. The molecule has 21 heavy (non-hydrogen) atoms. The lowest BCUT2D eigenvalue weighted by molar-refractivity contribution is 0.0450. The SMILES string of the molecule is O=C(NCC1(O)CCCC1)c1sc2cc(Cl)ccc2c1Cl. The van der Waals surface area contributed by atoms with Gasteiger partial charge in [0.05, 0.1) is 10.6 Å². The first-order valence-electron chi connectivity index (χ1n) is 6.87. The second-order valence-electron chi connectivity index (χ2n) is 5.50. The van der Waals surface area contributed by atoms with Crippen LogP contribution < -0.4 is 5.32 Å². The third-order valence-corrected chi connectivity index (χ3v) is 5.80.